The summed E-state index contributed by atoms with van der Waals surface area (Å²) in [6.45, 7) is 9.55. The van der Waals surface area contributed by atoms with Gasteiger partial charge in [0, 0.05) is 0 Å². The molecular weight excluding hydrogens is 212 g/mol. The zero-order chi connectivity index (χ0) is 12.7. The molecule has 2 atom stereocenters. The number of hydrogen-bond acceptors (Lipinski definition) is 2. The van der Waals surface area contributed by atoms with Gasteiger partial charge in [0.15, 0.2) is 0 Å². The van der Waals surface area contributed by atoms with Crippen LogP contribution in [0.25, 0.3) is 0 Å². The molecule has 0 saturated heterocycles. The fourth-order valence-electron chi connectivity index (χ4n) is 1.60. The Kier molecular flexibility index (Phi) is 5.50. The Balaban J connectivity index is 2.71. The summed E-state index contributed by atoms with van der Waals surface area (Å²) in [5.41, 5.74) is 1.08. The molecule has 1 aromatic rings. The van der Waals surface area contributed by atoms with Crippen molar-refractivity contribution in [2.24, 2.45) is 0 Å². The maximum Gasteiger partial charge on any atom is 0.118 e. The van der Waals surface area contributed by atoms with Gasteiger partial charge in [-0.1, -0.05) is 24.3 Å². The first-order valence-corrected chi connectivity index (χ1v) is 5.74. The first-order chi connectivity index (χ1) is 8.21. The van der Waals surface area contributed by atoms with Crippen LogP contribution in [0.4, 0.5) is 0 Å². The molecule has 0 heterocycles. The standard InChI is InChI=1S/C15H20O2/c1-5-7-12(3)17-15(6-2)13-8-10-14(16-4)11-9-13/h5-6,8-12,15H,1-2,7H2,3-4H3/t12-,15+/m0/s1. The van der Waals surface area contributed by atoms with E-state index in [0.717, 1.165) is 17.7 Å². The maximum absolute atomic E-state index is 5.87. The minimum Gasteiger partial charge on any atom is -0.497 e. The molecule has 0 radical (unpaired) electrons. The van der Waals surface area contributed by atoms with E-state index in [4.69, 9.17) is 9.47 Å². The van der Waals surface area contributed by atoms with Gasteiger partial charge in [0.05, 0.1) is 13.2 Å². The van der Waals surface area contributed by atoms with Gasteiger partial charge in [0.1, 0.15) is 11.9 Å². The second kappa shape index (κ2) is 6.92. The van der Waals surface area contributed by atoms with Crippen molar-refractivity contribution in [1.82, 2.24) is 0 Å². The molecule has 0 unspecified atom stereocenters. The van der Waals surface area contributed by atoms with Crippen LogP contribution in [-0.4, -0.2) is 13.2 Å². The van der Waals surface area contributed by atoms with E-state index in [1.54, 1.807) is 13.2 Å². The van der Waals surface area contributed by atoms with Gasteiger partial charge in [-0.05, 0) is 31.0 Å². The first-order valence-electron chi connectivity index (χ1n) is 5.74. The second-order valence-corrected chi connectivity index (χ2v) is 3.90. The molecule has 0 aromatic heterocycles. The summed E-state index contributed by atoms with van der Waals surface area (Å²) in [4.78, 5) is 0. The lowest BCUT2D eigenvalue weighted by Gasteiger charge is -2.19. The highest BCUT2D eigenvalue weighted by atomic mass is 16.5. The summed E-state index contributed by atoms with van der Waals surface area (Å²) in [5, 5.41) is 0. The Morgan fingerprint density at radius 3 is 2.35 bits per heavy atom. The van der Waals surface area contributed by atoms with E-state index >= 15 is 0 Å². The van der Waals surface area contributed by atoms with E-state index in [1.807, 2.05) is 37.3 Å². The van der Waals surface area contributed by atoms with Gasteiger partial charge in [-0.25, -0.2) is 0 Å². The van der Waals surface area contributed by atoms with Crippen molar-refractivity contribution < 1.29 is 9.47 Å². The number of methoxy groups -OCH3 is 1. The van der Waals surface area contributed by atoms with Crippen LogP contribution in [0.5, 0.6) is 5.75 Å². The van der Waals surface area contributed by atoms with Crippen LogP contribution >= 0.6 is 0 Å². The molecular formula is C15H20O2. The van der Waals surface area contributed by atoms with Crippen molar-refractivity contribution in [3.05, 3.63) is 55.1 Å². The minimum atomic E-state index is -0.0872. The highest BCUT2D eigenvalue weighted by Gasteiger charge is 2.11. The summed E-state index contributed by atoms with van der Waals surface area (Å²) < 4.78 is 11.0. The molecule has 2 nitrogen and oxygen atoms in total. The zero-order valence-electron chi connectivity index (χ0n) is 10.6. The number of ether oxygens (including phenoxy) is 2. The molecule has 0 amide bonds. The average Bonchev–Trinajstić information content (AvgIpc) is 2.36. The van der Waals surface area contributed by atoms with Gasteiger partial charge in [0.25, 0.3) is 0 Å². The van der Waals surface area contributed by atoms with E-state index < -0.39 is 0 Å². The Morgan fingerprint density at radius 2 is 1.88 bits per heavy atom. The van der Waals surface area contributed by atoms with E-state index in [9.17, 15) is 0 Å². The third-order valence-corrected chi connectivity index (χ3v) is 2.54. The molecule has 0 aliphatic carbocycles. The Hall–Kier alpha value is -1.54. The quantitative estimate of drug-likeness (QED) is 0.664. The monoisotopic (exact) mass is 232 g/mol. The lowest BCUT2D eigenvalue weighted by molar-refractivity contribution is 0.0257. The molecule has 1 aromatic carbocycles. The largest absolute Gasteiger partial charge is 0.497 e. The normalized spacial score (nSPS) is 13.8. The second-order valence-electron chi connectivity index (χ2n) is 3.90. The lowest BCUT2D eigenvalue weighted by atomic mass is 10.1. The minimum absolute atomic E-state index is 0.0872. The van der Waals surface area contributed by atoms with E-state index in [1.165, 1.54) is 0 Å². The molecule has 0 spiro atoms. The summed E-state index contributed by atoms with van der Waals surface area (Å²) in [5.74, 6) is 0.843. The molecule has 0 N–H and O–H groups in total. The van der Waals surface area contributed by atoms with Crippen molar-refractivity contribution in [1.29, 1.82) is 0 Å². The number of hydrogen-bond donors (Lipinski definition) is 0. The molecule has 0 saturated carbocycles. The van der Waals surface area contributed by atoms with Crippen LogP contribution in [0, 0.1) is 0 Å². The first kappa shape index (κ1) is 13.5. The third-order valence-electron chi connectivity index (χ3n) is 2.54. The molecule has 92 valence electrons. The van der Waals surface area contributed by atoms with E-state index in [0.29, 0.717) is 0 Å². The van der Waals surface area contributed by atoms with Gasteiger partial charge >= 0.3 is 0 Å². The van der Waals surface area contributed by atoms with E-state index in [2.05, 4.69) is 13.2 Å². The zero-order valence-corrected chi connectivity index (χ0v) is 10.6. The maximum atomic E-state index is 5.87. The molecule has 17 heavy (non-hydrogen) atoms. The van der Waals surface area contributed by atoms with Gasteiger partial charge in [-0.2, -0.15) is 0 Å². The summed E-state index contributed by atoms with van der Waals surface area (Å²) in [7, 11) is 1.66. The van der Waals surface area contributed by atoms with Crippen LogP contribution in [-0.2, 0) is 4.74 Å². The van der Waals surface area contributed by atoms with Gasteiger partial charge < -0.3 is 9.47 Å². The Labute approximate surface area is 104 Å². The van der Waals surface area contributed by atoms with Gasteiger partial charge in [-0.15, -0.1) is 13.2 Å². The van der Waals surface area contributed by atoms with Gasteiger partial charge in [0.2, 0.25) is 0 Å². The Bertz CT molecular complexity index is 354. The highest BCUT2D eigenvalue weighted by Crippen LogP contribution is 2.23. The summed E-state index contributed by atoms with van der Waals surface area (Å²) >= 11 is 0. The van der Waals surface area contributed by atoms with Crippen molar-refractivity contribution in [2.75, 3.05) is 7.11 Å². The molecule has 0 fully saturated rings. The molecule has 0 aliphatic rings. The smallest absolute Gasteiger partial charge is 0.118 e. The fourth-order valence-corrected chi connectivity index (χ4v) is 1.60. The van der Waals surface area contributed by atoms with Crippen LogP contribution in [0.2, 0.25) is 0 Å². The Morgan fingerprint density at radius 1 is 1.24 bits per heavy atom. The molecule has 2 heteroatoms. The highest BCUT2D eigenvalue weighted by molar-refractivity contribution is 5.30. The lowest BCUT2D eigenvalue weighted by Crippen LogP contribution is -2.11. The van der Waals surface area contributed by atoms with Gasteiger partial charge in [-0.3, -0.25) is 0 Å². The van der Waals surface area contributed by atoms with Crippen molar-refractivity contribution in [2.45, 2.75) is 25.6 Å². The predicted molar refractivity (Wildman–Crippen MR) is 71.3 cm³/mol. The van der Waals surface area contributed by atoms with Crippen molar-refractivity contribution >= 4 is 0 Å². The van der Waals surface area contributed by atoms with E-state index in [-0.39, 0.29) is 12.2 Å². The molecule has 0 aliphatic heterocycles. The number of benzene rings is 1. The van der Waals surface area contributed by atoms with Crippen molar-refractivity contribution in [3.8, 4) is 5.75 Å². The van der Waals surface area contributed by atoms with Crippen LogP contribution in [0.15, 0.2) is 49.6 Å². The summed E-state index contributed by atoms with van der Waals surface area (Å²) in [6, 6.07) is 7.83. The molecule has 1 rings (SSSR count). The predicted octanol–water partition coefficient (Wildman–Crippen LogP) is 3.90. The average molecular weight is 232 g/mol. The van der Waals surface area contributed by atoms with Crippen LogP contribution in [0.3, 0.4) is 0 Å². The topological polar surface area (TPSA) is 18.5 Å². The summed E-state index contributed by atoms with van der Waals surface area (Å²) in [6.07, 6.45) is 4.55. The number of rotatable bonds is 7. The van der Waals surface area contributed by atoms with Crippen molar-refractivity contribution in [3.63, 3.8) is 0 Å². The molecule has 0 bridgehead atoms. The van der Waals surface area contributed by atoms with Crippen LogP contribution in [0.1, 0.15) is 25.0 Å². The fraction of sp³-hybridized carbons (Fsp3) is 0.333. The van der Waals surface area contributed by atoms with Crippen LogP contribution < -0.4 is 4.74 Å². The third kappa shape index (κ3) is 4.08. The SMILES string of the molecule is C=CC[C@H](C)O[C@H](C=C)c1ccc(OC)cc1.